The molecule has 1 aliphatic heterocycles. The van der Waals surface area contributed by atoms with Crippen molar-refractivity contribution in [1.82, 2.24) is 0 Å². The molecule has 0 aliphatic carbocycles. The first-order valence-electron chi connectivity index (χ1n) is 6.51. The summed E-state index contributed by atoms with van der Waals surface area (Å²) in [5.41, 5.74) is 0.643. The molecule has 22 heavy (non-hydrogen) atoms. The highest BCUT2D eigenvalue weighted by atomic mass is 32.2. The molecule has 1 aromatic carbocycles. The van der Waals surface area contributed by atoms with Crippen molar-refractivity contribution >= 4 is 31.5 Å². The van der Waals surface area contributed by atoms with Crippen molar-refractivity contribution in [2.75, 3.05) is 30.0 Å². The van der Waals surface area contributed by atoms with Gasteiger partial charge in [0.05, 0.1) is 29.0 Å². The number of anilines is 1. The number of nitrogens with zero attached hydrogens (tertiary/aromatic N) is 1. The maximum atomic E-state index is 12.1. The lowest BCUT2D eigenvalue weighted by Gasteiger charge is -2.21. The lowest BCUT2D eigenvalue weighted by Crippen LogP contribution is -2.27. The molecule has 1 fully saturated rings. The normalized spacial score (nSPS) is 17.5. The van der Waals surface area contributed by atoms with Gasteiger partial charge < -0.3 is 4.74 Å². The third-order valence-corrected chi connectivity index (χ3v) is 6.46. The van der Waals surface area contributed by atoms with Crippen LogP contribution in [0.4, 0.5) is 5.69 Å². The average Bonchev–Trinajstić information content (AvgIpc) is 2.75. The predicted molar refractivity (Wildman–Crippen MR) is 81.4 cm³/mol. The molecule has 9 heteroatoms. The van der Waals surface area contributed by atoms with Crippen LogP contribution in [-0.2, 0) is 24.6 Å². The third kappa shape index (κ3) is 2.95. The number of aryl methyl sites for hydroxylation is 1. The number of hydrogen-bond acceptors (Lipinski definition) is 6. The number of sulfone groups is 1. The molecule has 1 saturated heterocycles. The highest BCUT2D eigenvalue weighted by molar-refractivity contribution is 7.93. The number of methoxy groups -OCH3 is 1. The van der Waals surface area contributed by atoms with Crippen LogP contribution < -0.4 is 4.31 Å². The van der Waals surface area contributed by atoms with Crippen LogP contribution in [0.15, 0.2) is 17.0 Å². The van der Waals surface area contributed by atoms with Gasteiger partial charge in [-0.3, -0.25) is 4.31 Å². The Morgan fingerprint density at radius 2 is 1.95 bits per heavy atom. The van der Waals surface area contributed by atoms with Gasteiger partial charge in [-0.15, -0.1) is 0 Å². The Hall–Kier alpha value is -1.61. The van der Waals surface area contributed by atoms with Gasteiger partial charge in [0.2, 0.25) is 10.0 Å². The van der Waals surface area contributed by atoms with Crippen LogP contribution in [0, 0.1) is 6.92 Å². The molecule has 0 spiro atoms. The second kappa shape index (κ2) is 5.54. The van der Waals surface area contributed by atoms with Crippen molar-refractivity contribution in [2.24, 2.45) is 0 Å². The lowest BCUT2D eigenvalue weighted by atomic mass is 10.1. The summed E-state index contributed by atoms with van der Waals surface area (Å²) in [5.74, 6) is -0.688. The van der Waals surface area contributed by atoms with Crippen molar-refractivity contribution in [3.05, 3.63) is 23.3 Å². The smallest absolute Gasteiger partial charge is 0.338 e. The number of benzene rings is 1. The fourth-order valence-electron chi connectivity index (χ4n) is 2.40. The van der Waals surface area contributed by atoms with Gasteiger partial charge in [-0.1, -0.05) is 0 Å². The molecular weight excluding hydrogens is 330 g/mol. The second-order valence-corrected chi connectivity index (χ2v) is 9.14. The van der Waals surface area contributed by atoms with E-state index in [2.05, 4.69) is 4.74 Å². The summed E-state index contributed by atoms with van der Waals surface area (Å²) in [5, 5.41) is 0. The minimum absolute atomic E-state index is 0.0198. The Kier molecular flexibility index (Phi) is 4.22. The molecule has 0 atom stereocenters. The first-order chi connectivity index (χ1) is 10.1. The van der Waals surface area contributed by atoms with Crippen LogP contribution in [0.5, 0.6) is 0 Å². The van der Waals surface area contributed by atoms with E-state index in [0.29, 0.717) is 12.0 Å². The minimum atomic E-state index is -3.72. The van der Waals surface area contributed by atoms with Crippen molar-refractivity contribution < 1.29 is 26.4 Å². The number of ether oxygens (including phenoxy) is 1. The molecule has 0 radical (unpaired) electrons. The highest BCUT2D eigenvalue weighted by Gasteiger charge is 2.33. The molecule has 1 aliphatic rings. The number of sulfonamides is 1. The minimum Gasteiger partial charge on any atom is -0.465 e. The number of carbonyl (C=O) groups is 1. The van der Waals surface area contributed by atoms with Gasteiger partial charge in [-0.25, -0.2) is 21.6 Å². The molecule has 0 saturated carbocycles. The summed E-state index contributed by atoms with van der Waals surface area (Å²) in [6.07, 6.45) is 1.41. The molecule has 0 bridgehead atoms. The van der Waals surface area contributed by atoms with Gasteiger partial charge in [0.25, 0.3) is 0 Å². The van der Waals surface area contributed by atoms with Gasteiger partial charge in [0.15, 0.2) is 9.84 Å². The van der Waals surface area contributed by atoms with Crippen LogP contribution in [0.25, 0.3) is 0 Å². The summed E-state index contributed by atoms with van der Waals surface area (Å²) in [6.45, 7) is 1.83. The molecule has 2 rings (SSSR count). The number of rotatable bonds is 3. The average molecular weight is 347 g/mol. The summed E-state index contributed by atoms with van der Waals surface area (Å²) in [6, 6.07) is 2.59. The van der Waals surface area contributed by atoms with Crippen molar-refractivity contribution in [1.29, 1.82) is 0 Å². The fraction of sp³-hybridized carbons (Fsp3) is 0.462. The molecule has 0 unspecified atom stereocenters. The molecule has 0 amide bonds. The van der Waals surface area contributed by atoms with E-state index in [1.54, 1.807) is 6.92 Å². The Bertz CT molecular complexity index is 826. The van der Waals surface area contributed by atoms with E-state index in [4.69, 9.17) is 0 Å². The maximum absolute atomic E-state index is 12.1. The summed E-state index contributed by atoms with van der Waals surface area (Å²) in [7, 11) is -6.05. The first-order valence-corrected chi connectivity index (χ1v) is 10.0. The van der Waals surface area contributed by atoms with E-state index in [1.807, 2.05) is 0 Å². The maximum Gasteiger partial charge on any atom is 0.338 e. The van der Waals surface area contributed by atoms with E-state index in [-0.39, 0.29) is 28.4 Å². The van der Waals surface area contributed by atoms with Gasteiger partial charge in [0, 0.05) is 12.8 Å². The third-order valence-electron chi connectivity index (χ3n) is 3.48. The zero-order chi connectivity index (χ0) is 16.7. The SMILES string of the molecule is COC(=O)c1cc(S(C)(=O)=O)c(N2CCCS2(=O)=O)cc1C. The molecule has 0 N–H and O–H groups in total. The standard InChI is InChI=1S/C13H17NO6S2/c1-9-7-11(14-5-4-6-22(14,18)19)12(21(3,16)17)8-10(9)13(15)20-2/h7-8H,4-6H2,1-3H3. The summed E-state index contributed by atoms with van der Waals surface area (Å²) in [4.78, 5) is 11.5. The highest BCUT2D eigenvalue weighted by Crippen LogP contribution is 2.33. The molecular formula is C13H17NO6S2. The van der Waals surface area contributed by atoms with Crippen LogP contribution in [-0.4, -0.2) is 48.5 Å². The fourth-order valence-corrected chi connectivity index (χ4v) is 4.92. The Morgan fingerprint density at radius 1 is 1.32 bits per heavy atom. The van der Waals surface area contributed by atoms with Gasteiger partial charge in [-0.05, 0) is 31.0 Å². The monoisotopic (exact) mass is 347 g/mol. The Balaban J connectivity index is 2.74. The van der Waals surface area contributed by atoms with E-state index < -0.39 is 25.8 Å². The topological polar surface area (TPSA) is 97.8 Å². The molecule has 7 nitrogen and oxygen atoms in total. The van der Waals surface area contributed by atoms with E-state index in [0.717, 1.165) is 10.6 Å². The molecule has 122 valence electrons. The predicted octanol–water partition coefficient (Wildman–Crippen LogP) is 0.725. The van der Waals surface area contributed by atoms with Gasteiger partial charge in [-0.2, -0.15) is 0 Å². The second-order valence-electron chi connectivity index (χ2n) is 5.14. The molecule has 0 aromatic heterocycles. The van der Waals surface area contributed by atoms with E-state index >= 15 is 0 Å². The first kappa shape index (κ1) is 16.8. The van der Waals surface area contributed by atoms with Gasteiger partial charge >= 0.3 is 5.97 Å². The number of carbonyl (C=O) groups excluding carboxylic acids is 1. The van der Waals surface area contributed by atoms with Crippen LogP contribution in [0.2, 0.25) is 0 Å². The lowest BCUT2D eigenvalue weighted by molar-refractivity contribution is 0.0599. The van der Waals surface area contributed by atoms with Crippen LogP contribution in [0.3, 0.4) is 0 Å². The van der Waals surface area contributed by atoms with E-state index in [1.165, 1.54) is 19.2 Å². The Morgan fingerprint density at radius 3 is 2.41 bits per heavy atom. The molecule has 1 aromatic rings. The van der Waals surface area contributed by atoms with Crippen LogP contribution >= 0.6 is 0 Å². The number of hydrogen-bond donors (Lipinski definition) is 0. The summed E-state index contributed by atoms with van der Waals surface area (Å²) < 4.78 is 53.9. The summed E-state index contributed by atoms with van der Waals surface area (Å²) >= 11 is 0. The van der Waals surface area contributed by atoms with E-state index in [9.17, 15) is 21.6 Å². The zero-order valence-electron chi connectivity index (χ0n) is 12.5. The van der Waals surface area contributed by atoms with Crippen molar-refractivity contribution in [3.8, 4) is 0 Å². The zero-order valence-corrected chi connectivity index (χ0v) is 14.1. The quantitative estimate of drug-likeness (QED) is 0.748. The number of esters is 1. The van der Waals surface area contributed by atoms with Crippen molar-refractivity contribution in [2.45, 2.75) is 18.2 Å². The van der Waals surface area contributed by atoms with Crippen molar-refractivity contribution in [3.63, 3.8) is 0 Å². The van der Waals surface area contributed by atoms with Gasteiger partial charge in [0.1, 0.15) is 0 Å². The molecule has 1 heterocycles. The largest absolute Gasteiger partial charge is 0.465 e. The van der Waals surface area contributed by atoms with Crippen LogP contribution in [0.1, 0.15) is 22.3 Å². The Labute approximate surface area is 129 Å².